The normalized spacial score (nSPS) is 11.4. The molecule has 3 nitrogen and oxygen atoms in total. The molecule has 0 bridgehead atoms. The minimum Gasteiger partial charge on any atom is -0.395 e. The highest BCUT2D eigenvalue weighted by Crippen LogP contribution is 2.10. The second-order valence-corrected chi connectivity index (χ2v) is 7.23. The van der Waals surface area contributed by atoms with Crippen molar-refractivity contribution < 1.29 is 10.2 Å². The Morgan fingerprint density at radius 2 is 1.00 bits per heavy atom. The van der Waals surface area contributed by atoms with Gasteiger partial charge in [-0.2, -0.15) is 0 Å². The molecule has 0 spiro atoms. The zero-order valence-corrected chi connectivity index (χ0v) is 18.2. The van der Waals surface area contributed by atoms with E-state index in [1.165, 1.54) is 89.9 Å². The first kappa shape index (κ1) is 28.1. The van der Waals surface area contributed by atoms with Gasteiger partial charge in [-0.25, -0.2) is 0 Å². The molecule has 0 saturated carbocycles. The Morgan fingerprint density at radius 3 is 1.46 bits per heavy atom. The van der Waals surface area contributed by atoms with Gasteiger partial charge in [0.2, 0.25) is 0 Å². The highest BCUT2D eigenvalue weighted by molar-refractivity contribution is 5.85. The van der Waals surface area contributed by atoms with E-state index in [1.807, 2.05) is 0 Å². The average Bonchev–Trinajstić information content (AvgIpc) is 2.61. The third kappa shape index (κ3) is 22.0. The van der Waals surface area contributed by atoms with Crippen molar-refractivity contribution in [1.29, 1.82) is 0 Å². The minimum absolute atomic E-state index is 0. The van der Waals surface area contributed by atoms with Crippen LogP contribution < -0.4 is 0 Å². The van der Waals surface area contributed by atoms with Gasteiger partial charge in [0.25, 0.3) is 0 Å². The number of rotatable bonds is 20. The van der Waals surface area contributed by atoms with Gasteiger partial charge < -0.3 is 10.2 Å². The molecule has 0 aromatic rings. The van der Waals surface area contributed by atoms with Gasteiger partial charge in [0.15, 0.2) is 0 Å². The first-order valence-electron chi connectivity index (χ1n) is 10.9. The largest absolute Gasteiger partial charge is 0.395 e. The number of hydrogen-bond acceptors (Lipinski definition) is 3. The van der Waals surface area contributed by atoms with E-state index in [2.05, 4.69) is 24.0 Å². The Hall–Kier alpha value is -0.0900. The van der Waals surface area contributed by atoms with Crippen molar-refractivity contribution in [1.82, 2.24) is 4.90 Å². The molecular formula is C22H46ClNO2. The monoisotopic (exact) mass is 391 g/mol. The van der Waals surface area contributed by atoms with Crippen molar-refractivity contribution in [2.24, 2.45) is 0 Å². The maximum absolute atomic E-state index is 8.97. The van der Waals surface area contributed by atoms with E-state index in [9.17, 15) is 0 Å². The molecule has 0 aliphatic rings. The van der Waals surface area contributed by atoms with Gasteiger partial charge in [0.1, 0.15) is 0 Å². The topological polar surface area (TPSA) is 43.7 Å². The Bertz CT molecular complexity index is 269. The standard InChI is InChI=1S/C22H45NO2.ClH/c1-2-3-4-5-6-7-8-9-10-11-12-13-14-15-16-17-18-23(19-21-24)20-22-25;/h9-10,24-25H,2-8,11-22H2,1H3;1H/b10-9-;. The maximum atomic E-state index is 8.97. The molecule has 2 N–H and O–H groups in total. The predicted molar refractivity (Wildman–Crippen MR) is 117 cm³/mol. The zero-order chi connectivity index (χ0) is 18.4. The minimum atomic E-state index is 0. The number of unbranched alkanes of at least 4 members (excludes halogenated alkanes) is 12. The summed E-state index contributed by atoms with van der Waals surface area (Å²) >= 11 is 0. The summed E-state index contributed by atoms with van der Waals surface area (Å²) in [5.41, 5.74) is 0. The van der Waals surface area contributed by atoms with E-state index < -0.39 is 0 Å². The van der Waals surface area contributed by atoms with Crippen molar-refractivity contribution in [2.75, 3.05) is 32.8 Å². The van der Waals surface area contributed by atoms with Gasteiger partial charge in [-0.1, -0.05) is 76.9 Å². The number of allylic oxidation sites excluding steroid dienone is 2. The third-order valence-electron chi connectivity index (χ3n) is 4.82. The van der Waals surface area contributed by atoms with Gasteiger partial charge in [-0.05, 0) is 38.6 Å². The molecule has 0 rings (SSSR count). The molecule has 0 fully saturated rings. The summed E-state index contributed by atoms with van der Waals surface area (Å²) in [7, 11) is 0. The van der Waals surface area contributed by atoms with E-state index in [0.29, 0.717) is 13.1 Å². The van der Waals surface area contributed by atoms with E-state index in [0.717, 1.165) is 6.54 Å². The zero-order valence-electron chi connectivity index (χ0n) is 17.3. The van der Waals surface area contributed by atoms with Crippen LogP contribution in [0.25, 0.3) is 0 Å². The second-order valence-electron chi connectivity index (χ2n) is 7.23. The van der Waals surface area contributed by atoms with Crippen LogP contribution in [0.5, 0.6) is 0 Å². The van der Waals surface area contributed by atoms with Crippen LogP contribution >= 0.6 is 12.4 Å². The second kappa shape index (κ2) is 24.9. The molecule has 0 aliphatic heterocycles. The number of halogens is 1. The van der Waals surface area contributed by atoms with Crippen molar-refractivity contribution in [3.63, 3.8) is 0 Å². The highest BCUT2D eigenvalue weighted by atomic mass is 35.5. The van der Waals surface area contributed by atoms with Crippen molar-refractivity contribution in [3.8, 4) is 0 Å². The molecule has 158 valence electrons. The fourth-order valence-corrected chi connectivity index (χ4v) is 3.20. The molecule has 0 saturated heterocycles. The predicted octanol–water partition coefficient (Wildman–Crippen LogP) is 5.73. The molecule has 0 amide bonds. The van der Waals surface area contributed by atoms with Crippen molar-refractivity contribution >= 4 is 12.4 Å². The lowest BCUT2D eigenvalue weighted by Gasteiger charge is -2.19. The Morgan fingerprint density at radius 1 is 0.577 bits per heavy atom. The quantitative estimate of drug-likeness (QED) is 0.205. The molecule has 0 radical (unpaired) electrons. The maximum Gasteiger partial charge on any atom is 0.0558 e. The number of hydrogen-bond donors (Lipinski definition) is 2. The van der Waals surface area contributed by atoms with Crippen LogP contribution in [0, 0.1) is 0 Å². The molecule has 0 atom stereocenters. The SMILES string of the molecule is CCCCCCCC/C=C\CCCCCCCCN(CCO)CCO.Cl. The third-order valence-corrected chi connectivity index (χ3v) is 4.82. The van der Waals surface area contributed by atoms with Crippen LogP contribution in [0.4, 0.5) is 0 Å². The number of aliphatic hydroxyl groups is 2. The van der Waals surface area contributed by atoms with Gasteiger partial charge in [0.05, 0.1) is 13.2 Å². The van der Waals surface area contributed by atoms with Crippen LogP contribution in [0.1, 0.15) is 96.8 Å². The van der Waals surface area contributed by atoms with Crippen LogP contribution in [0.2, 0.25) is 0 Å². The fraction of sp³-hybridized carbons (Fsp3) is 0.909. The molecule has 0 unspecified atom stereocenters. The van der Waals surface area contributed by atoms with E-state index in [4.69, 9.17) is 10.2 Å². The number of nitrogens with zero attached hydrogens (tertiary/aromatic N) is 1. The molecular weight excluding hydrogens is 346 g/mol. The lowest BCUT2D eigenvalue weighted by atomic mass is 10.1. The summed E-state index contributed by atoms with van der Waals surface area (Å²) in [5.74, 6) is 0. The Kier molecular flexibility index (Phi) is 26.9. The smallest absolute Gasteiger partial charge is 0.0558 e. The van der Waals surface area contributed by atoms with Crippen molar-refractivity contribution in [2.45, 2.75) is 96.8 Å². The molecule has 0 heterocycles. The molecule has 0 aromatic carbocycles. The Labute approximate surface area is 169 Å². The first-order valence-corrected chi connectivity index (χ1v) is 10.9. The molecule has 0 aromatic heterocycles. The summed E-state index contributed by atoms with van der Waals surface area (Å²) in [4.78, 5) is 2.15. The van der Waals surface area contributed by atoms with Crippen molar-refractivity contribution in [3.05, 3.63) is 12.2 Å². The molecule has 0 aliphatic carbocycles. The van der Waals surface area contributed by atoms with Crippen LogP contribution in [0.15, 0.2) is 12.2 Å². The van der Waals surface area contributed by atoms with Crippen LogP contribution in [-0.2, 0) is 0 Å². The van der Waals surface area contributed by atoms with Crippen LogP contribution in [0.3, 0.4) is 0 Å². The summed E-state index contributed by atoms with van der Waals surface area (Å²) in [6, 6.07) is 0. The van der Waals surface area contributed by atoms with Gasteiger partial charge in [-0.3, -0.25) is 4.90 Å². The molecule has 26 heavy (non-hydrogen) atoms. The van der Waals surface area contributed by atoms with E-state index in [-0.39, 0.29) is 25.6 Å². The summed E-state index contributed by atoms with van der Waals surface area (Å²) in [5, 5.41) is 17.9. The van der Waals surface area contributed by atoms with Gasteiger partial charge in [0, 0.05) is 13.1 Å². The fourth-order valence-electron chi connectivity index (χ4n) is 3.20. The van der Waals surface area contributed by atoms with E-state index >= 15 is 0 Å². The highest BCUT2D eigenvalue weighted by Gasteiger charge is 2.02. The lowest BCUT2D eigenvalue weighted by molar-refractivity contribution is 0.159. The van der Waals surface area contributed by atoms with Gasteiger partial charge >= 0.3 is 0 Å². The summed E-state index contributed by atoms with van der Waals surface area (Å²) < 4.78 is 0. The summed E-state index contributed by atoms with van der Waals surface area (Å²) in [6.45, 7) is 5.02. The van der Waals surface area contributed by atoms with Gasteiger partial charge in [-0.15, -0.1) is 12.4 Å². The average molecular weight is 392 g/mol. The Balaban J connectivity index is 0. The first-order chi connectivity index (χ1) is 12.3. The van der Waals surface area contributed by atoms with Crippen LogP contribution in [-0.4, -0.2) is 48.0 Å². The lowest BCUT2D eigenvalue weighted by Crippen LogP contribution is -2.30. The van der Waals surface area contributed by atoms with E-state index in [1.54, 1.807) is 0 Å². The summed E-state index contributed by atoms with van der Waals surface area (Å²) in [6.07, 6.45) is 23.4. The molecule has 4 heteroatoms. The number of aliphatic hydroxyl groups excluding tert-OH is 2.